The molecule has 0 N–H and O–H groups in total. The molecular formula is C15H20N2O3S. The van der Waals surface area contributed by atoms with E-state index in [2.05, 4.69) is 4.98 Å². The summed E-state index contributed by atoms with van der Waals surface area (Å²) in [4.78, 5) is 30.5. The maximum Gasteiger partial charge on any atom is 0.328 e. The molecule has 2 aromatic heterocycles. The normalized spacial score (nSPS) is 12.5. The van der Waals surface area contributed by atoms with Crippen molar-refractivity contribution in [2.24, 2.45) is 0 Å². The van der Waals surface area contributed by atoms with Gasteiger partial charge in [0.2, 0.25) is 0 Å². The Morgan fingerprint density at radius 2 is 2.24 bits per heavy atom. The van der Waals surface area contributed by atoms with Gasteiger partial charge in [0.25, 0.3) is 5.56 Å². The molecule has 1 atom stereocenters. The highest BCUT2D eigenvalue weighted by Crippen LogP contribution is 2.21. The van der Waals surface area contributed by atoms with Crippen LogP contribution in [0.25, 0.3) is 10.2 Å². The summed E-state index contributed by atoms with van der Waals surface area (Å²) in [5.74, 6) is -0.391. The average Bonchev–Trinajstić information content (AvgIpc) is 2.91. The summed E-state index contributed by atoms with van der Waals surface area (Å²) in [6, 6.07) is 1.21. The van der Waals surface area contributed by atoms with Crippen LogP contribution in [0.1, 0.15) is 44.5 Å². The van der Waals surface area contributed by atoms with E-state index in [9.17, 15) is 9.59 Å². The Morgan fingerprint density at radius 1 is 1.48 bits per heavy atom. The number of thiophene rings is 1. The van der Waals surface area contributed by atoms with Gasteiger partial charge in [-0.05, 0) is 25.8 Å². The summed E-state index contributed by atoms with van der Waals surface area (Å²) < 4.78 is 6.52. The van der Waals surface area contributed by atoms with Crippen LogP contribution in [0.15, 0.2) is 17.2 Å². The molecule has 0 saturated carbocycles. The number of rotatable bonds is 6. The summed E-state index contributed by atoms with van der Waals surface area (Å²) >= 11 is 1.52. The van der Waals surface area contributed by atoms with E-state index in [4.69, 9.17) is 4.74 Å². The smallest absolute Gasteiger partial charge is 0.328 e. The van der Waals surface area contributed by atoms with Crippen molar-refractivity contribution >= 4 is 27.5 Å². The highest BCUT2D eigenvalue weighted by molar-refractivity contribution is 7.18. The fourth-order valence-electron chi connectivity index (χ4n) is 1.99. The Bertz CT molecular complexity index is 690. The third kappa shape index (κ3) is 3.32. The molecule has 21 heavy (non-hydrogen) atoms. The maximum absolute atomic E-state index is 12.5. The van der Waals surface area contributed by atoms with Crippen molar-refractivity contribution in [1.29, 1.82) is 0 Å². The van der Waals surface area contributed by atoms with Gasteiger partial charge in [0.05, 0.1) is 18.3 Å². The van der Waals surface area contributed by atoms with Gasteiger partial charge in [0, 0.05) is 4.88 Å². The van der Waals surface area contributed by atoms with Gasteiger partial charge in [0.1, 0.15) is 10.9 Å². The van der Waals surface area contributed by atoms with Crippen LogP contribution in [0.3, 0.4) is 0 Å². The Hall–Kier alpha value is -1.69. The first-order chi connectivity index (χ1) is 10.1. The predicted octanol–water partition coefficient (Wildman–Crippen LogP) is 2.92. The van der Waals surface area contributed by atoms with Gasteiger partial charge in [-0.3, -0.25) is 9.36 Å². The molecule has 0 amide bonds. The van der Waals surface area contributed by atoms with Crippen molar-refractivity contribution in [3.05, 3.63) is 27.6 Å². The Balaban J connectivity index is 2.27. The standard InChI is InChI=1S/C15H20N2O3S/c1-4-6-7-20-15(19)10(3)17-9-16-13-12(14(17)18)8-11(5-2)21-13/h8-10H,4-7H2,1-3H3. The highest BCUT2D eigenvalue weighted by atomic mass is 32.1. The fourth-order valence-corrected chi connectivity index (χ4v) is 2.91. The first-order valence-electron chi connectivity index (χ1n) is 7.24. The van der Waals surface area contributed by atoms with Gasteiger partial charge < -0.3 is 4.74 Å². The zero-order chi connectivity index (χ0) is 15.4. The summed E-state index contributed by atoms with van der Waals surface area (Å²) in [7, 11) is 0. The molecule has 2 heterocycles. The number of aryl methyl sites for hydroxylation is 1. The number of carbonyl (C=O) groups excluding carboxylic acids is 1. The van der Waals surface area contributed by atoms with Crippen LogP contribution in [-0.4, -0.2) is 22.1 Å². The molecule has 0 bridgehead atoms. The molecule has 0 spiro atoms. The second-order valence-electron chi connectivity index (χ2n) is 4.94. The molecule has 2 rings (SSSR count). The van der Waals surface area contributed by atoms with Crippen molar-refractivity contribution in [2.45, 2.75) is 46.1 Å². The van der Waals surface area contributed by atoms with Gasteiger partial charge in [-0.1, -0.05) is 20.3 Å². The van der Waals surface area contributed by atoms with E-state index in [0.29, 0.717) is 12.0 Å². The SMILES string of the molecule is CCCCOC(=O)C(C)n1cnc2sc(CC)cc2c1=O. The molecule has 0 radical (unpaired) electrons. The highest BCUT2D eigenvalue weighted by Gasteiger charge is 2.19. The lowest BCUT2D eigenvalue weighted by Gasteiger charge is -2.13. The maximum atomic E-state index is 12.5. The third-order valence-corrected chi connectivity index (χ3v) is 4.56. The molecule has 6 heteroatoms. The molecule has 0 saturated heterocycles. The summed E-state index contributed by atoms with van der Waals surface area (Å²) in [6.45, 7) is 6.12. The first-order valence-corrected chi connectivity index (χ1v) is 8.06. The minimum Gasteiger partial charge on any atom is -0.464 e. The first kappa shape index (κ1) is 15.7. The van der Waals surface area contributed by atoms with Crippen molar-refractivity contribution in [2.75, 3.05) is 6.61 Å². The van der Waals surface area contributed by atoms with E-state index in [1.54, 1.807) is 6.92 Å². The van der Waals surface area contributed by atoms with E-state index in [-0.39, 0.29) is 5.56 Å². The van der Waals surface area contributed by atoms with Crippen LogP contribution >= 0.6 is 11.3 Å². The zero-order valence-corrected chi connectivity index (χ0v) is 13.4. The quantitative estimate of drug-likeness (QED) is 0.608. The molecule has 0 aliphatic rings. The molecule has 0 aliphatic heterocycles. The van der Waals surface area contributed by atoms with Gasteiger partial charge in [-0.25, -0.2) is 9.78 Å². The lowest BCUT2D eigenvalue weighted by Crippen LogP contribution is -2.29. The second-order valence-corrected chi connectivity index (χ2v) is 6.05. The van der Waals surface area contributed by atoms with E-state index >= 15 is 0 Å². The minimum absolute atomic E-state index is 0.184. The number of esters is 1. The molecule has 1 unspecified atom stereocenters. The molecule has 5 nitrogen and oxygen atoms in total. The third-order valence-electron chi connectivity index (χ3n) is 3.38. The van der Waals surface area contributed by atoms with Gasteiger partial charge in [0.15, 0.2) is 0 Å². The van der Waals surface area contributed by atoms with Crippen LogP contribution < -0.4 is 5.56 Å². The Kier molecular flexibility index (Phi) is 5.12. The van der Waals surface area contributed by atoms with E-state index in [1.807, 2.05) is 19.9 Å². The number of aromatic nitrogens is 2. The molecule has 0 aliphatic carbocycles. The minimum atomic E-state index is -0.656. The van der Waals surface area contributed by atoms with E-state index in [1.165, 1.54) is 22.2 Å². The number of hydrogen-bond acceptors (Lipinski definition) is 5. The summed E-state index contributed by atoms with van der Waals surface area (Å²) in [5.41, 5.74) is -0.184. The van der Waals surface area contributed by atoms with E-state index < -0.39 is 12.0 Å². The van der Waals surface area contributed by atoms with Crippen LogP contribution in [-0.2, 0) is 16.0 Å². The van der Waals surface area contributed by atoms with Crippen LogP contribution in [0.5, 0.6) is 0 Å². The molecule has 114 valence electrons. The number of nitrogens with zero attached hydrogens (tertiary/aromatic N) is 2. The van der Waals surface area contributed by atoms with Crippen molar-refractivity contribution in [3.63, 3.8) is 0 Å². The Labute approximate surface area is 127 Å². The van der Waals surface area contributed by atoms with Crippen molar-refractivity contribution < 1.29 is 9.53 Å². The van der Waals surface area contributed by atoms with Crippen molar-refractivity contribution in [1.82, 2.24) is 9.55 Å². The molecular weight excluding hydrogens is 288 g/mol. The number of carbonyl (C=O) groups is 1. The fraction of sp³-hybridized carbons (Fsp3) is 0.533. The Morgan fingerprint density at radius 3 is 2.90 bits per heavy atom. The summed E-state index contributed by atoms with van der Waals surface area (Å²) in [6.07, 6.45) is 4.10. The average molecular weight is 308 g/mol. The van der Waals surface area contributed by atoms with E-state index in [0.717, 1.165) is 29.0 Å². The van der Waals surface area contributed by atoms with Gasteiger partial charge >= 0.3 is 5.97 Å². The summed E-state index contributed by atoms with van der Waals surface area (Å²) in [5, 5.41) is 0.576. The van der Waals surface area contributed by atoms with Crippen LogP contribution in [0.2, 0.25) is 0 Å². The lowest BCUT2D eigenvalue weighted by atomic mass is 10.3. The van der Waals surface area contributed by atoms with Crippen molar-refractivity contribution in [3.8, 4) is 0 Å². The van der Waals surface area contributed by atoms with Gasteiger partial charge in [-0.15, -0.1) is 11.3 Å². The number of ether oxygens (including phenoxy) is 1. The topological polar surface area (TPSA) is 61.2 Å². The number of fused-ring (bicyclic) bond motifs is 1. The van der Waals surface area contributed by atoms with Gasteiger partial charge in [-0.2, -0.15) is 0 Å². The molecule has 2 aromatic rings. The molecule has 0 aromatic carbocycles. The number of unbranched alkanes of at least 4 members (excludes halogenated alkanes) is 1. The van der Waals surface area contributed by atoms with Crippen LogP contribution in [0, 0.1) is 0 Å². The molecule has 0 fully saturated rings. The zero-order valence-electron chi connectivity index (χ0n) is 12.6. The number of hydrogen-bond donors (Lipinski definition) is 0. The monoisotopic (exact) mass is 308 g/mol. The largest absolute Gasteiger partial charge is 0.464 e. The van der Waals surface area contributed by atoms with Crippen LogP contribution in [0.4, 0.5) is 0 Å². The second kappa shape index (κ2) is 6.85. The lowest BCUT2D eigenvalue weighted by molar-refractivity contribution is -0.147. The predicted molar refractivity (Wildman–Crippen MR) is 83.8 cm³/mol.